The molecule has 0 saturated heterocycles. The van der Waals surface area contributed by atoms with Crippen molar-refractivity contribution in [1.82, 2.24) is 10.2 Å². The van der Waals surface area contributed by atoms with Crippen molar-refractivity contribution in [1.29, 1.82) is 0 Å². The van der Waals surface area contributed by atoms with Crippen LogP contribution in [0.3, 0.4) is 0 Å². The standard InChI is InChI=1S/C20H19Cl2N3O3/c1-27-15-7-12(8-16(11-15)28-2)3-5-14-10-19(25-24-14)23-20(26)17-9-13(21)4-6-18(17)22/h4,6-11H,3,5H2,1-2H3,(H2,23,24,25,26). The van der Waals surface area contributed by atoms with Crippen molar-refractivity contribution in [2.45, 2.75) is 12.8 Å². The lowest BCUT2D eigenvalue weighted by molar-refractivity contribution is 0.102. The van der Waals surface area contributed by atoms with Crippen LogP contribution in [0.5, 0.6) is 11.5 Å². The van der Waals surface area contributed by atoms with Gasteiger partial charge in [-0.3, -0.25) is 9.89 Å². The smallest absolute Gasteiger partial charge is 0.258 e. The van der Waals surface area contributed by atoms with Crippen LogP contribution in [0.2, 0.25) is 10.0 Å². The number of rotatable bonds is 7. The minimum absolute atomic E-state index is 0.294. The largest absolute Gasteiger partial charge is 0.497 e. The third-order valence-corrected chi connectivity index (χ3v) is 4.70. The summed E-state index contributed by atoms with van der Waals surface area (Å²) in [6.07, 6.45) is 1.46. The Hall–Kier alpha value is -2.70. The average molecular weight is 420 g/mol. The molecule has 0 aliphatic rings. The molecule has 28 heavy (non-hydrogen) atoms. The first kappa shape index (κ1) is 20.0. The van der Waals surface area contributed by atoms with E-state index >= 15 is 0 Å². The van der Waals surface area contributed by atoms with Crippen molar-refractivity contribution < 1.29 is 14.3 Å². The quantitative estimate of drug-likeness (QED) is 0.577. The summed E-state index contributed by atoms with van der Waals surface area (Å²) in [4.78, 5) is 12.4. The summed E-state index contributed by atoms with van der Waals surface area (Å²) < 4.78 is 10.6. The average Bonchev–Trinajstić information content (AvgIpc) is 3.15. The van der Waals surface area contributed by atoms with Gasteiger partial charge in [0.2, 0.25) is 0 Å². The Kier molecular flexibility index (Phi) is 6.44. The summed E-state index contributed by atoms with van der Waals surface area (Å²) in [5.74, 6) is 1.53. The van der Waals surface area contributed by atoms with E-state index < -0.39 is 0 Å². The number of nitrogens with one attached hydrogen (secondary N) is 2. The Labute approximate surface area is 172 Å². The van der Waals surface area contributed by atoms with Crippen LogP contribution in [0.4, 0.5) is 5.82 Å². The third-order valence-electron chi connectivity index (χ3n) is 4.14. The molecule has 0 radical (unpaired) electrons. The number of halogens is 2. The van der Waals surface area contributed by atoms with Crippen LogP contribution >= 0.6 is 23.2 Å². The second-order valence-corrected chi connectivity index (χ2v) is 6.92. The van der Waals surface area contributed by atoms with E-state index in [1.807, 2.05) is 18.2 Å². The molecule has 2 N–H and O–H groups in total. The van der Waals surface area contributed by atoms with Gasteiger partial charge in [-0.25, -0.2) is 0 Å². The summed E-state index contributed by atoms with van der Waals surface area (Å²) >= 11 is 12.0. The monoisotopic (exact) mass is 419 g/mol. The number of carbonyl (C=O) groups is 1. The molecule has 1 aromatic heterocycles. The maximum atomic E-state index is 12.4. The zero-order valence-corrected chi connectivity index (χ0v) is 16.9. The number of nitrogens with zero attached hydrogens (tertiary/aromatic N) is 1. The van der Waals surface area contributed by atoms with Crippen LogP contribution in [-0.4, -0.2) is 30.3 Å². The van der Waals surface area contributed by atoms with Crippen LogP contribution in [0.15, 0.2) is 42.5 Å². The number of aromatic amines is 1. The summed E-state index contributed by atoms with van der Waals surface area (Å²) in [6, 6.07) is 12.3. The number of aromatic nitrogens is 2. The highest BCUT2D eigenvalue weighted by Gasteiger charge is 2.13. The number of carbonyl (C=O) groups excluding carboxylic acids is 1. The lowest BCUT2D eigenvalue weighted by atomic mass is 10.1. The van der Waals surface area contributed by atoms with Crippen LogP contribution in [0.1, 0.15) is 21.6 Å². The van der Waals surface area contributed by atoms with Gasteiger partial charge in [-0.1, -0.05) is 23.2 Å². The zero-order chi connectivity index (χ0) is 20.1. The molecule has 0 fully saturated rings. The molecular weight excluding hydrogens is 401 g/mol. The maximum Gasteiger partial charge on any atom is 0.258 e. The normalized spacial score (nSPS) is 10.6. The number of benzene rings is 2. The van der Waals surface area contributed by atoms with E-state index in [-0.39, 0.29) is 5.91 Å². The Morgan fingerprint density at radius 2 is 1.75 bits per heavy atom. The van der Waals surface area contributed by atoms with Crippen LogP contribution in [0, 0.1) is 0 Å². The highest BCUT2D eigenvalue weighted by molar-refractivity contribution is 6.36. The number of amides is 1. The Bertz CT molecular complexity index is 966. The van der Waals surface area contributed by atoms with E-state index in [1.54, 1.807) is 32.4 Å². The van der Waals surface area contributed by atoms with Crippen LogP contribution < -0.4 is 14.8 Å². The summed E-state index contributed by atoms with van der Waals surface area (Å²) in [6.45, 7) is 0. The number of methoxy groups -OCH3 is 2. The van der Waals surface area contributed by atoms with Gasteiger partial charge in [0.15, 0.2) is 5.82 Å². The lowest BCUT2D eigenvalue weighted by Crippen LogP contribution is -2.12. The van der Waals surface area contributed by atoms with Crippen molar-refractivity contribution in [3.63, 3.8) is 0 Å². The fourth-order valence-corrected chi connectivity index (χ4v) is 3.07. The number of ether oxygens (including phenoxy) is 2. The first-order valence-electron chi connectivity index (χ1n) is 8.51. The lowest BCUT2D eigenvalue weighted by Gasteiger charge is -2.08. The molecule has 0 bridgehead atoms. The molecular formula is C20H19Cl2N3O3. The molecule has 0 unspecified atom stereocenters. The van der Waals surface area contributed by atoms with Gasteiger partial charge in [0.05, 0.1) is 24.8 Å². The first-order valence-corrected chi connectivity index (χ1v) is 9.26. The number of hydrogen-bond donors (Lipinski definition) is 2. The zero-order valence-electron chi connectivity index (χ0n) is 15.4. The van der Waals surface area contributed by atoms with Crippen LogP contribution in [-0.2, 0) is 12.8 Å². The maximum absolute atomic E-state index is 12.4. The number of aryl methyl sites for hydroxylation is 2. The van der Waals surface area contributed by atoms with E-state index in [1.165, 1.54) is 6.07 Å². The highest BCUT2D eigenvalue weighted by Crippen LogP contribution is 2.24. The van der Waals surface area contributed by atoms with Gasteiger partial charge < -0.3 is 14.8 Å². The fourth-order valence-electron chi connectivity index (χ4n) is 2.70. The molecule has 2 aromatic carbocycles. The first-order chi connectivity index (χ1) is 13.5. The molecule has 6 nitrogen and oxygen atoms in total. The minimum Gasteiger partial charge on any atom is -0.497 e. The molecule has 0 saturated carbocycles. The van der Waals surface area contributed by atoms with Crippen molar-refractivity contribution in [3.05, 3.63) is 69.3 Å². The second kappa shape index (κ2) is 8.99. The van der Waals surface area contributed by atoms with Gasteiger partial charge in [0.1, 0.15) is 11.5 Å². The number of H-pyrrole nitrogens is 1. The van der Waals surface area contributed by atoms with Crippen molar-refractivity contribution >= 4 is 34.9 Å². The second-order valence-electron chi connectivity index (χ2n) is 6.08. The Morgan fingerprint density at radius 3 is 2.43 bits per heavy atom. The molecule has 3 aromatic rings. The van der Waals surface area contributed by atoms with Crippen molar-refractivity contribution in [2.75, 3.05) is 19.5 Å². The van der Waals surface area contributed by atoms with Gasteiger partial charge in [0, 0.05) is 22.8 Å². The molecule has 0 aliphatic heterocycles. The van der Waals surface area contributed by atoms with E-state index in [2.05, 4.69) is 15.5 Å². The molecule has 0 atom stereocenters. The molecule has 1 amide bonds. The highest BCUT2D eigenvalue weighted by atomic mass is 35.5. The predicted octanol–water partition coefficient (Wildman–Crippen LogP) is 4.77. The Balaban J connectivity index is 1.64. The van der Waals surface area contributed by atoms with Crippen LogP contribution in [0.25, 0.3) is 0 Å². The fraction of sp³-hybridized carbons (Fsp3) is 0.200. The van der Waals surface area contributed by atoms with Gasteiger partial charge in [-0.2, -0.15) is 5.10 Å². The van der Waals surface area contributed by atoms with E-state index in [4.69, 9.17) is 32.7 Å². The molecule has 8 heteroatoms. The molecule has 0 aliphatic carbocycles. The number of hydrogen-bond acceptors (Lipinski definition) is 4. The minimum atomic E-state index is -0.372. The van der Waals surface area contributed by atoms with E-state index in [9.17, 15) is 4.79 Å². The van der Waals surface area contributed by atoms with E-state index in [0.717, 1.165) is 29.2 Å². The predicted molar refractivity (Wildman–Crippen MR) is 110 cm³/mol. The number of anilines is 1. The molecule has 0 spiro atoms. The van der Waals surface area contributed by atoms with Gasteiger partial charge >= 0.3 is 0 Å². The summed E-state index contributed by atoms with van der Waals surface area (Å²) in [5.41, 5.74) is 2.25. The van der Waals surface area contributed by atoms with Crippen molar-refractivity contribution in [3.8, 4) is 11.5 Å². The van der Waals surface area contributed by atoms with Gasteiger partial charge in [-0.05, 0) is 48.7 Å². The van der Waals surface area contributed by atoms with E-state index in [0.29, 0.717) is 27.8 Å². The summed E-state index contributed by atoms with van der Waals surface area (Å²) in [7, 11) is 3.24. The topological polar surface area (TPSA) is 76.2 Å². The molecule has 146 valence electrons. The van der Waals surface area contributed by atoms with Gasteiger partial charge in [0.25, 0.3) is 5.91 Å². The SMILES string of the molecule is COc1cc(CCc2cc(NC(=O)c3cc(Cl)ccc3Cl)n[nH]2)cc(OC)c1. The van der Waals surface area contributed by atoms with Gasteiger partial charge in [-0.15, -0.1) is 0 Å². The molecule has 1 heterocycles. The third kappa shape index (κ3) is 4.97. The van der Waals surface area contributed by atoms with Crippen molar-refractivity contribution in [2.24, 2.45) is 0 Å². The summed E-state index contributed by atoms with van der Waals surface area (Å²) in [5, 5.41) is 10.5. The Morgan fingerprint density at radius 1 is 1.04 bits per heavy atom. The molecule has 3 rings (SSSR count).